The molecule has 0 unspecified atom stereocenters. The van der Waals surface area contributed by atoms with E-state index in [1.807, 2.05) is 13.8 Å². The molecule has 0 spiro atoms. The number of nitrogens with two attached hydrogens (primary N) is 1. The van der Waals surface area contributed by atoms with Gasteiger partial charge in [-0.2, -0.15) is 0 Å². The molecule has 0 saturated heterocycles. The number of unbranched alkanes of at least 4 members (excludes halogenated alkanes) is 1. The monoisotopic (exact) mass is 363 g/mol. The zero-order valence-electron chi connectivity index (χ0n) is 15.6. The SMILES string of the molecule is CCCCn1c(N)c(N(CCC)C(=O)c2c(C)noc2C)c(=O)[nH]c1=O. The Kier molecular flexibility index (Phi) is 6.01. The number of H-pyrrole nitrogens is 1. The first-order chi connectivity index (χ1) is 12.3. The molecule has 0 bridgehead atoms. The lowest BCUT2D eigenvalue weighted by atomic mass is 10.1. The van der Waals surface area contributed by atoms with Crippen LogP contribution in [0.3, 0.4) is 0 Å². The van der Waals surface area contributed by atoms with Crippen LogP contribution in [-0.4, -0.2) is 27.2 Å². The molecular formula is C17H25N5O4. The molecule has 142 valence electrons. The van der Waals surface area contributed by atoms with Gasteiger partial charge < -0.3 is 15.2 Å². The molecule has 1 amide bonds. The first-order valence-corrected chi connectivity index (χ1v) is 8.70. The molecule has 0 fully saturated rings. The van der Waals surface area contributed by atoms with Gasteiger partial charge in [0.1, 0.15) is 17.1 Å². The molecule has 0 saturated carbocycles. The van der Waals surface area contributed by atoms with Crippen molar-refractivity contribution in [1.82, 2.24) is 14.7 Å². The minimum Gasteiger partial charge on any atom is -0.383 e. The zero-order valence-corrected chi connectivity index (χ0v) is 15.6. The third kappa shape index (κ3) is 3.56. The minimum atomic E-state index is -0.686. The first kappa shape index (κ1) is 19.5. The highest BCUT2D eigenvalue weighted by atomic mass is 16.5. The molecule has 2 heterocycles. The number of rotatable bonds is 7. The van der Waals surface area contributed by atoms with Crippen LogP contribution in [0.25, 0.3) is 0 Å². The van der Waals surface area contributed by atoms with Gasteiger partial charge in [-0.05, 0) is 26.7 Å². The summed E-state index contributed by atoms with van der Waals surface area (Å²) >= 11 is 0. The molecule has 26 heavy (non-hydrogen) atoms. The van der Waals surface area contributed by atoms with E-state index in [0.29, 0.717) is 30.0 Å². The van der Waals surface area contributed by atoms with Crippen LogP contribution in [0.5, 0.6) is 0 Å². The fourth-order valence-corrected chi connectivity index (χ4v) is 2.84. The van der Waals surface area contributed by atoms with Crippen molar-refractivity contribution in [1.29, 1.82) is 0 Å². The summed E-state index contributed by atoms with van der Waals surface area (Å²) in [5.74, 6) is -0.0790. The predicted molar refractivity (Wildman–Crippen MR) is 98.6 cm³/mol. The number of hydrogen-bond donors (Lipinski definition) is 2. The number of hydrogen-bond acceptors (Lipinski definition) is 6. The third-order valence-electron chi connectivity index (χ3n) is 4.16. The summed E-state index contributed by atoms with van der Waals surface area (Å²) in [7, 11) is 0. The van der Waals surface area contributed by atoms with E-state index < -0.39 is 17.2 Å². The van der Waals surface area contributed by atoms with Crippen LogP contribution < -0.4 is 21.9 Å². The number of carbonyl (C=O) groups is 1. The van der Waals surface area contributed by atoms with E-state index in [1.165, 1.54) is 9.47 Å². The van der Waals surface area contributed by atoms with Gasteiger partial charge in [0.2, 0.25) is 0 Å². The van der Waals surface area contributed by atoms with E-state index in [1.54, 1.807) is 13.8 Å². The van der Waals surface area contributed by atoms with Crippen molar-refractivity contribution < 1.29 is 9.32 Å². The molecule has 9 heteroatoms. The number of nitrogen functional groups attached to an aromatic ring is 1. The van der Waals surface area contributed by atoms with Gasteiger partial charge in [0.15, 0.2) is 5.69 Å². The molecule has 0 radical (unpaired) electrons. The van der Waals surface area contributed by atoms with Crippen LogP contribution in [0.1, 0.15) is 54.9 Å². The molecule has 9 nitrogen and oxygen atoms in total. The Bertz CT molecular complexity index is 889. The van der Waals surface area contributed by atoms with Crippen LogP contribution in [0.15, 0.2) is 14.1 Å². The Balaban J connectivity index is 2.62. The lowest BCUT2D eigenvalue weighted by Crippen LogP contribution is -2.41. The molecule has 2 aromatic heterocycles. The molecular weight excluding hydrogens is 338 g/mol. The Morgan fingerprint density at radius 2 is 1.96 bits per heavy atom. The van der Waals surface area contributed by atoms with Crippen LogP contribution in [0.2, 0.25) is 0 Å². The summed E-state index contributed by atoms with van der Waals surface area (Å²) in [4.78, 5) is 41.2. The summed E-state index contributed by atoms with van der Waals surface area (Å²) in [5, 5.41) is 3.80. The molecule has 0 aliphatic rings. The topological polar surface area (TPSA) is 127 Å². The van der Waals surface area contributed by atoms with Gasteiger partial charge in [-0.3, -0.25) is 19.1 Å². The third-order valence-corrected chi connectivity index (χ3v) is 4.16. The van der Waals surface area contributed by atoms with Crippen molar-refractivity contribution in [3.05, 3.63) is 37.9 Å². The van der Waals surface area contributed by atoms with Gasteiger partial charge in [0, 0.05) is 13.1 Å². The Morgan fingerprint density at radius 1 is 1.27 bits per heavy atom. The van der Waals surface area contributed by atoms with E-state index in [4.69, 9.17) is 10.3 Å². The molecule has 0 atom stereocenters. The van der Waals surface area contributed by atoms with Gasteiger partial charge in [-0.1, -0.05) is 25.4 Å². The van der Waals surface area contributed by atoms with Crippen molar-refractivity contribution in [3.63, 3.8) is 0 Å². The highest BCUT2D eigenvalue weighted by molar-refractivity contribution is 6.08. The van der Waals surface area contributed by atoms with Crippen molar-refractivity contribution in [2.24, 2.45) is 0 Å². The molecule has 0 aliphatic carbocycles. The van der Waals surface area contributed by atoms with E-state index in [9.17, 15) is 14.4 Å². The number of nitrogens with one attached hydrogen (secondary N) is 1. The van der Waals surface area contributed by atoms with Crippen LogP contribution in [-0.2, 0) is 6.54 Å². The number of aromatic amines is 1. The summed E-state index contributed by atoms with van der Waals surface area (Å²) in [5.41, 5.74) is 5.58. The summed E-state index contributed by atoms with van der Waals surface area (Å²) < 4.78 is 6.36. The smallest absolute Gasteiger partial charge is 0.330 e. The summed E-state index contributed by atoms with van der Waals surface area (Å²) in [6.07, 6.45) is 2.18. The highest BCUT2D eigenvalue weighted by Gasteiger charge is 2.28. The van der Waals surface area contributed by atoms with E-state index in [2.05, 4.69) is 10.1 Å². The summed E-state index contributed by atoms with van der Waals surface area (Å²) in [6.45, 7) is 7.78. The second-order valence-corrected chi connectivity index (χ2v) is 6.15. The second kappa shape index (κ2) is 8.03. The van der Waals surface area contributed by atoms with Crippen molar-refractivity contribution >= 4 is 17.4 Å². The second-order valence-electron chi connectivity index (χ2n) is 6.15. The van der Waals surface area contributed by atoms with Gasteiger partial charge in [-0.15, -0.1) is 0 Å². The molecule has 3 N–H and O–H groups in total. The van der Waals surface area contributed by atoms with Crippen LogP contribution in [0.4, 0.5) is 11.5 Å². The number of anilines is 2. The Labute approximate surface area is 150 Å². The van der Waals surface area contributed by atoms with Crippen molar-refractivity contribution in [2.75, 3.05) is 17.2 Å². The van der Waals surface area contributed by atoms with Crippen molar-refractivity contribution in [3.8, 4) is 0 Å². The molecule has 2 aromatic rings. The fraction of sp³-hybridized carbons (Fsp3) is 0.529. The van der Waals surface area contributed by atoms with Gasteiger partial charge in [0.05, 0.1) is 5.69 Å². The van der Waals surface area contributed by atoms with E-state index in [0.717, 1.165) is 12.8 Å². The van der Waals surface area contributed by atoms with E-state index >= 15 is 0 Å². The maximum atomic E-state index is 13.1. The first-order valence-electron chi connectivity index (χ1n) is 8.70. The highest BCUT2D eigenvalue weighted by Crippen LogP contribution is 2.23. The minimum absolute atomic E-state index is 0.0132. The number of aromatic nitrogens is 3. The lowest BCUT2D eigenvalue weighted by molar-refractivity contribution is 0.0984. The normalized spacial score (nSPS) is 10.9. The Morgan fingerprint density at radius 3 is 2.50 bits per heavy atom. The predicted octanol–water partition coefficient (Wildman–Crippen LogP) is 1.58. The van der Waals surface area contributed by atoms with Crippen molar-refractivity contribution in [2.45, 2.75) is 53.5 Å². The number of aryl methyl sites for hydroxylation is 2. The van der Waals surface area contributed by atoms with Crippen LogP contribution in [0, 0.1) is 13.8 Å². The quantitative estimate of drug-likeness (QED) is 0.769. The average Bonchev–Trinajstić information content (AvgIpc) is 2.91. The number of nitrogens with zero attached hydrogens (tertiary/aromatic N) is 3. The molecule has 0 aliphatic heterocycles. The number of carbonyl (C=O) groups excluding carboxylic acids is 1. The average molecular weight is 363 g/mol. The lowest BCUT2D eigenvalue weighted by Gasteiger charge is -2.24. The molecule has 2 rings (SSSR count). The molecule has 0 aromatic carbocycles. The van der Waals surface area contributed by atoms with Gasteiger partial charge >= 0.3 is 5.69 Å². The van der Waals surface area contributed by atoms with Gasteiger partial charge in [-0.25, -0.2) is 4.79 Å². The zero-order chi connectivity index (χ0) is 19.4. The standard InChI is InChI=1S/C17H25N5O4/c1-5-7-9-22-14(18)13(15(23)19-17(22)25)21(8-6-2)16(24)12-10(3)20-26-11(12)4/h5-9,18H2,1-4H3,(H,19,23,25). The van der Waals surface area contributed by atoms with E-state index in [-0.39, 0.29) is 18.1 Å². The largest absolute Gasteiger partial charge is 0.383 e. The maximum absolute atomic E-state index is 13.1. The Hall–Kier alpha value is -2.84. The number of amides is 1. The van der Waals surface area contributed by atoms with Gasteiger partial charge in [0.25, 0.3) is 11.5 Å². The summed E-state index contributed by atoms with van der Waals surface area (Å²) in [6, 6.07) is 0. The maximum Gasteiger partial charge on any atom is 0.330 e. The fourth-order valence-electron chi connectivity index (χ4n) is 2.84. The van der Waals surface area contributed by atoms with Crippen LogP contribution >= 0.6 is 0 Å².